The molecule has 3 saturated heterocycles. The van der Waals surface area contributed by atoms with E-state index in [0.717, 1.165) is 5.56 Å². The van der Waals surface area contributed by atoms with Crippen LogP contribution in [0, 0.1) is 11.8 Å². The Labute approximate surface area is 208 Å². The summed E-state index contributed by atoms with van der Waals surface area (Å²) in [5.41, 5.74) is -0.506. The third kappa shape index (κ3) is 3.90. The van der Waals surface area contributed by atoms with E-state index in [1.54, 1.807) is 24.3 Å². The van der Waals surface area contributed by atoms with Crippen LogP contribution < -0.4 is 10.6 Å². The summed E-state index contributed by atoms with van der Waals surface area (Å²) in [6, 6.07) is 15.3. The average Bonchev–Trinajstić information content (AvgIpc) is 3.41. The standard InChI is InChI=1S/C26H28ClN3O5/c1-25-11-12-26(35-25)20(19(25)22(32)28-15-16-5-3-2-4-6-16)24(34)30(13-14-31)21(26)23(33)29-18-9-7-17(27)8-10-18/h2-10,19-21,31H,11-15H2,1H3,(H,28,32)(H,29,33)/t19-,20-,21?,25+,26?/m0/s1. The smallest absolute Gasteiger partial charge is 0.250 e. The lowest BCUT2D eigenvalue weighted by Gasteiger charge is -2.33. The first kappa shape index (κ1) is 23.8. The number of fused-ring (bicyclic) bond motifs is 1. The summed E-state index contributed by atoms with van der Waals surface area (Å²) < 4.78 is 6.51. The number of nitrogens with zero attached hydrogens (tertiary/aromatic N) is 1. The Morgan fingerprint density at radius 2 is 1.83 bits per heavy atom. The van der Waals surface area contributed by atoms with E-state index < -0.39 is 35.0 Å². The van der Waals surface area contributed by atoms with Gasteiger partial charge in [0.1, 0.15) is 11.6 Å². The van der Waals surface area contributed by atoms with Crippen LogP contribution in [0.2, 0.25) is 5.02 Å². The molecule has 3 fully saturated rings. The Bertz CT molecular complexity index is 1140. The molecule has 8 nitrogen and oxygen atoms in total. The van der Waals surface area contributed by atoms with E-state index in [4.69, 9.17) is 16.3 Å². The number of hydrogen-bond donors (Lipinski definition) is 3. The number of nitrogens with one attached hydrogen (secondary N) is 2. The molecule has 35 heavy (non-hydrogen) atoms. The van der Waals surface area contributed by atoms with Crippen LogP contribution in [0.15, 0.2) is 54.6 Å². The van der Waals surface area contributed by atoms with Crippen molar-refractivity contribution in [2.75, 3.05) is 18.5 Å². The van der Waals surface area contributed by atoms with E-state index in [0.29, 0.717) is 30.1 Å². The number of β-amino-alcohol motifs (C(OH)–C–C–N with tert-alkyl or cyclic N) is 1. The Balaban J connectivity index is 1.44. The zero-order valence-corrected chi connectivity index (χ0v) is 20.1. The van der Waals surface area contributed by atoms with Gasteiger partial charge in [0.25, 0.3) is 0 Å². The van der Waals surface area contributed by atoms with Crippen LogP contribution in [0.4, 0.5) is 5.69 Å². The largest absolute Gasteiger partial charge is 0.395 e. The summed E-state index contributed by atoms with van der Waals surface area (Å²) in [7, 11) is 0. The highest BCUT2D eigenvalue weighted by Gasteiger charge is 2.77. The molecule has 184 valence electrons. The van der Waals surface area contributed by atoms with E-state index in [2.05, 4.69) is 10.6 Å². The molecule has 5 atom stereocenters. The fourth-order valence-electron chi connectivity index (χ4n) is 6.11. The minimum Gasteiger partial charge on any atom is -0.395 e. The van der Waals surface area contributed by atoms with Gasteiger partial charge >= 0.3 is 0 Å². The van der Waals surface area contributed by atoms with Crippen LogP contribution in [-0.4, -0.2) is 58.1 Å². The molecule has 2 bridgehead atoms. The first-order chi connectivity index (χ1) is 16.8. The van der Waals surface area contributed by atoms with Crippen molar-refractivity contribution in [3.8, 4) is 0 Å². The van der Waals surface area contributed by atoms with Gasteiger partial charge in [-0.15, -0.1) is 0 Å². The molecule has 2 aromatic carbocycles. The molecule has 3 aliphatic heterocycles. The molecule has 0 saturated carbocycles. The van der Waals surface area contributed by atoms with Crippen LogP contribution in [0.3, 0.4) is 0 Å². The summed E-state index contributed by atoms with van der Waals surface area (Å²) in [5, 5.41) is 16.0. The van der Waals surface area contributed by atoms with Gasteiger partial charge in [0.05, 0.1) is 24.0 Å². The van der Waals surface area contributed by atoms with Crippen molar-refractivity contribution < 1.29 is 24.2 Å². The third-order valence-electron chi connectivity index (χ3n) is 7.57. The summed E-state index contributed by atoms with van der Waals surface area (Å²) in [5.74, 6) is -2.55. The second-order valence-corrected chi connectivity index (χ2v) is 10.1. The summed E-state index contributed by atoms with van der Waals surface area (Å²) >= 11 is 5.96. The van der Waals surface area contributed by atoms with Gasteiger partial charge in [0.15, 0.2) is 0 Å². The van der Waals surface area contributed by atoms with E-state index in [9.17, 15) is 19.5 Å². The first-order valence-corrected chi connectivity index (χ1v) is 12.2. The van der Waals surface area contributed by atoms with Crippen molar-refractivity contribution in [1.29, 1.82) is 0 Å². The number of amides is 3. The van der Waals surface area contributed by atoms with Crippen molar-refractivity contribution >= 4 is 35.0 Å². The molecule has 2 aromatic rings. The van der Waals surface area contributed by atoms with Gasteiger partial charge in [-0.1, -0.05) is 41.9 Å². The molecular weight excluding hydrogens is 470 g/mol. The van der Waals surface area contributed by atoms with Crippen LogP contribution in [0.1, 0.15) is 25.3 Å². The van der Waals surface area contributed by atoms with Gasteiger partial charge in [-0.25, -0.2) is 0 Å². The van der Waals surface area contributed by atoms with Gasteiger partial charge in [-0.2, -0.15) is 0 Å². The average molecular weight is 498 g/mol. The van der Waals surface area contributed by atoms with E-state index in [1.165, 1.54) is 4.90 Å². The second-order valence-electron chi connectivity index (χ2n) is 9.68. The number of halogens is 1. The Kier molecular flexibility index (Phi) is 6.07. The number of ether oxygens (including phenoxy) is 1. The number of aliphatic hydroxyl groups excluding tert-OH is 1. The maximum absolute atomic E-state index is 13.7. The Hall–Kier alpha value is -2.94. The molecule has 1 spiro atoms. The zero-order chi connectivity index (χ0) is 24.8. The van der Waals surface area contributed by atoms with Crippen molar-refractivity contribution in [2.45, 2.75) is 43.6 Å². The summed E-state index contributed by atoms with van der Waals surface area (Å²) in [6.45, 7) is 1.86. The number of rotatable bonds is 7. The lowest BCUT2D eigenvalue weighted by atomic mass is 9.66. The molecular formula is C26H28ClN3O5. The highest BCUT2D eigenvalue weighted by molar-refractivity contribution is 6.30. The molecule has 3 aliphatic rings. The summed E-state index contributed by atoms with van der Waals surface area (Å²) in [6.07, 6.45) is 1.03. The van der Waals surface area contributed by atoms with E-state index in [-0.39, 0.29) is 25.0 Å². The minimum absolute atomic E-state index is 0.0196. The number of carbonyl (C=O) groups excluding carboxylic acids is 3. The molecule has 0 aliphatic carbocycles. The molecule has 3 heterocycles. The monoisotopic (exact) mass is 497 g/mol. The molecule has 3 amide bonds. The normalized spacial score (nSPS) is 30.9. The molecule has 3 N–H and O–H groups in total. The fraction of sp³-hybridized carbons (Fsp3) is 0.423. The molecule has 0 aromatic heterocycles. The number of anilines is 1. The van der Waals surface area contributed by atoms with Crippen molar-refractivity contribution in [2.24, 2.45) is 11.8 Å². The van der Waals surface area contributed by atoms with Gasteiger partial charge in [0, 0.05) is 23.8 Å². The van der Waals surface area contributed by atoms with Gasteiger partial charge < -0.3 is 25.4 Å². The quantitative estimate of drug-likeness (QED) is 0.544. The van der Waals surface area contributed by atoms with Crippen LogP contribution in [-0.2, 0) is 25.7 Å². The fourth-order valence-corrected chi connectivity index (χ4v) is 6.24. The van der Waals surface area contributed by atoms with Crippen LogP contribution >= 0.6 is 11.6 Å². The molecule has 2 unspecified atom stereocenters. The molecule has 5 rings (SSSR count). The van der Waals surface area contributed by atoms with Crippen molar-refractivity contribution in [3.05, 3.63) is 65.2 Å². The van der Waals surface area contributed by atoms with E-state index >= 15 is 0 Å². The van der Waals surface area contributed by atoms with Crippen LogP contribution in [0.25, 0.3) is 0 Å². The Morgan fingerprint density at radius 1 is 1.11 bits per heavy atom. The predicted octanol–water partition coefficient (Wildman–Crippen LogP) is 2.35. The number of benzene rings is 2. The zero-order valence-electron chi connectivity index (χ0n) is 19.4. The SMILES string of the molecule is C[C@]12CCC3(O1)C(C(=O)Nc1ccc(Cl)cc1)N(CCO)C(=O)[C@@H]3[C@H]2C(=O)NCc1ccccc1. The number of hydrogen-bond acceptors (Lipinski definition) is 5. The summed E-state index contributed by atoms with van der Waals surface area (Å²) in [4.78, 5) is 42.0. The highest BCUT2D eigenvalue weighted by atomic mass is 35.5. The number of carbonyl (C=O) groups is 3. The lowest BCUT2D eigenvalue weighted by molar-refractivity contribution is -0.145. The van der Waals surface area contributed by atoms with E-state index in [1.807, 2.05) is 37.3 Å². The molecule has 0 radical (unpaired) electrons. The number of likely N-dealkylation sites (tertiary alicyclic amines) is 1. The highest BCUT2D eigenvalue weighted by Crippen LogP contribution is 2.63. The lowest BCUT2D eigenvalue weighted by Crippen LogP contribution is -2.53. The second kappa shape index (κ2) is 8.93. The minimum atomic E-state index is -1.13. The van der Waals surface area contributed by atoms with Crippen LogP contribution in [0.5, 0.6) is 0 Å². The van der Waals surface area contributed by atoms with Crippen molar-refractivity contribution in [3.63, 3.8) is 0 Å². The predicted molar refractivity (Wildman–Crippen MR) is 129 cm³/mol. The Morgan fingerprint density at radius 3 is 2.51 bits per heavy atom. The third-order valence-corrected chi connectivity index (χ3v) is 7.82. The number of aliphatic hydroxyl groups is 1. The maximum Gasteiger partial charge on any atom is 0.250 e. The maximum atomic E-state index is 13.7. The topological polar surface area (TPSA) is 108 Å². The van der Waals surface area contributed by atoms with Gasteiger partial charge in [-0.05, 0) is 49.6 Å². The van der Waals surface area contributed by atoms with Gasteiger partial charge in [-0.3, -0.25) is 14.4 Å². The van der Waals surface area contributed by atoms with Crippen molar-refractivity contribution in [1.82, 2.24) is 10.2 Å². The molecule has 9 heteroatoms. The first-order valence-electron chi connectivity index (χ1n) is 11.8. The van der Waals surface area contributed by atoms with Gasteiger partial charge in [0.2, 0.25) is 17.7 Å².